The Labute approximate surface area is 149 Å². The van der Waals surface area contributed by atoms with Gasteiger partial charge in [0.05, 0.1) is 11.7 Å². The van der Waals surface area contributed by atoms with Gasteiger partial charge >= 0.3 is 0 Å². The van der Waals surface area contributed by atoms with Crippen LogP contribution in [-0.2, 0) is 13.0 Å². The van der Waals surface area contributed by atoms with E-state index >= 15 is 0 Å². The Bertz CT molecular complexity index is 880. The highest BCUT2D eigenvalue weighted by atomic mass is 15.2. The molecule has 128 valence electrons. The highest BCUT2D eigenvalue weighted by Crippen LogP contribution is 2.44. The number of hydrogen-bond donors (Lipinski definition) is 1. The number of hydrogen-bond acceptors (Lipinski definition) is 2. The minimum absolute atomic E-state index is 0.756. The minimum Gasteiger partial charge on any atom is -0.293 e. The first-order valence-corrected chi connectivity index (χ1v) is 9.49. The summed E-state index contributed by atoms with van der Waals surface area (Å²) in [4.78, 5) is 2.78. The van der Waals surface area contributed by atoms with Crippen molar-refractivity contribution in [3.63, 3.8) is 0 Å². The maximum Gasteiger partial charge on any atom is 0.0650 e. The molecule has 2 bridgehead atoms. The van der Waals surface area contributed by atoms with Crippen molar-refractivity contribution in [1.82, 2.24) is 15.1 Å². The van der Waals surface area contributed by atoms with Gasteiger partial charge in [-0.25, -0.2) is 0 Å². The third-order valence-corrected chi connectivity index (χ3v) is 6.30. The third kappa shape index (κ3) is 2.77. The molecule has 2 aliphatic rings. The Kier molecular flexibility index (Phi) is 3.63. The number of fused-ring (bicyclic) bond motifs is 3. The minimum atomic E-state index is 0.756. The van der Waals surface area contributed by atoms with Gasteiger partial charge in [0.15, 0.2) is 0 Å². The number of aryl methyl sites for hydroxylation is 1. The van der Waals surface area contributed by atoms with Crippen LogP contribution in [0.15, 0.2) is 48.7 Å². The quantitative estimate of drug-likeness (QED) is 0.765. The number of nitrogens with zero attached hydrogens (tertiary/aromatic N) is 2. The molecule has 1 N–H and O–H groups in total. The smallest absolute Gasteiger partial charge is 0.0650 e. The van der Waals surface area contributed by atoms with Crippen molar-refractivity contribution in [3.8, 4) is 0 Å². The molecular weight excluding hydrogens is 306 g/mol. The molecule has 0 aliphatic carbocycles. The van der Waals surface area contributed by atoms with Gasteiger partial charge in [0, 0.05) is 24.0 Å². The van der Waals surface area contributed by atoms with Crippen molar-refractivity contribution in [2.75, 3.05) is 0 Å². The first-order chi connectivity index (χ1) is 12.3. The summed E-state index contributed by atoms with van der Waals surface area (Å²) in [6.07, 6.45) is 7.25. The van der Waals surface area contributed by atoms with Crippen LogP contribution in [0.25, 0.3) is 10.9 Å². The van der Waals surface area contributed by atoms with Crippen LogP contribution in [0.5, 0.6) is 0 Å². The highest BCUT2D eigenvalue weighted by molar-refractivity contribution is 5.78. The fourth-order valence-electron chi connectivity index (χ4n) is 5.02. The van der Waals surface area contributed by atoms with E-state index in [9.17, 15) is 0 Å². The zero-order valence-corrected chi connectivity index (χ0v) is 14.8. The van der Waals surface area contributed by atoms with Crippen LogP contribution in [0.4, 0.5) is 0 Å². The second-order valence-corrected chi connectivity index (χ2v) is 7.95. The molecule has 3 nitrogen and oxygen atoms in total. The van der Waals surface area contributed by atoms with E-state index in [0.717, 1.165) is 30.1 Å². The lowest BCUT2D eigenvalue weighted by molar-refractivity contribution is 0.227. The Hall–Kier alpha value is -2.13. The molecule has 0 radical (unpaired) electrons. The molecule has 3 aromatic rings. The van der Waals surface area contributed by atoms with Crippen molar-refractivity contribution in [2.45, 2.75) is 51.2 Å². The van der Waals surface area contributed by atoms with Crippen LogP contribution < -0.4 is 0 Å². The predicted molar refractivity (Wildman–Crippen MR) is 101 cm³/mol. The summed E-state index contributed by atoms with van der Waals surface area (Å²) in [7, 11) is 0. The van der Waals surface area contributed by atoms with Gasteiger partial charge in [-0.05, 0) is 61.8 Å². The molecule has 0 amide bonds. The second kappa shape index (κ2) is 5.99. The van der Waals surface area contributed by atoms with Crippen LogP contribution in [0.3, 0.4) is 0 Å². The third-order valence-electron chi connectivity index (χ3n) is 6.30. The van der Waals surface area contributed by atoms with Gasteiger partial charge in [-0.15, -0.1) is 0 Å². The lowest BCUT2D eigenvalue weighted by atomic mass is 9.84. The first-order valence-electron chi connectivity index (χ1n) is 9.49. The summed E-state index contributed by atoms with van der Waals surface area (Å²) >= 11 is 0. The molecule has 2 aromatic carbocycles. The molecule has 0 spiro atoms. The van der Waals surface area contributed by atoms with Crippen LogP contribution in [0.2, 0.25) is 0 Å². The Morgan fingerprint density at radius 3 is 2.80 bits per heavy atom. The number of aromatic nitrogens is 2. The van der Waals surface area contributed by atoms with E-state index in [-0.39, 0.29) is 0 Å². The van der Waals surface area contributed by atoms with Crippen molar-refractivity contribution >= 4 is 10.9 Å². The lowest BCUT2D eigenvalue weighted by Gasteiger charge is -2.24. The Morgan fingerprint density at radius 1 is 1.08 bits per heavy atom. The second-order valence-electron chi connectivity index (χ2n) is 7.95. The summed E-state index contributed by atoms with van der Waals surface area (Å²) in [6.45, 7) is 3.28. The highest BCUT2D eigenvalue weighted by Gasteiger charge is 2.45. The van der Waals surface area contributed by atoms with E-state index in [1.165, 1.54) is 47.8 Å². The molecule has 0 saturated carbocycles. The van der Waals surface area contributed by atoms with Crippen molar-refractivity contribution in [3.05, 3.63) is 65.4 Å². The fraction of sp³-hybridized carbons (Fsp3) is 0.409. The van der Waals surface area contributed by atoms with Crippen LogP contribution >= 0.6 is 0 Å². The lowest BCUT2D eigenvalue weighted by Crippen LogP contribution is -2.30. The molecule has 2 aliphatic heterocycles. The molecule has 3 unspecified atom stereocenters. The van der Waals surface area contributed by atoms with Gasteiger partial charge in [-0.1, -0.05) is 35.9 Å². The molecule has 2 saturated heterocycles. The number of benzene rings is 2. The average molecular weight is 331 g/mol. The van der Waals surface area contributed by atoms with Gasteiger partial charge in [-0.2, -0.15) is 5.10 Å². The summed E-state index contributed by atoms with van der Waals surface area (Å²) in [5.41, 5.74) is 5.41. The van der Waals surface area contributed by atoms with E-state index in [1.807, 2.05) is 6.20 Å². The van der Waals surface area contributed by atoms with E-state index in [1.54, 1.807) is 0 Å². The zero-order chi connectivity index (χ0) is 16.8. The van der Waals surface area contributed by atoms with Crippen molar-refractivity contribution in [2.24, 2.45) is 5.92 Å². The van der Waals surface area contributed by atoms with Gasteiger partial charge < -0.3 is 0 Å². The van der Waals surface area contributed by atoms with Gasteiger partial charge in [-0.3, -0.25) is 10.00 Å². The molecular formula is C22H25N3. The molecule has 3 heteroatoms. The summed E-state index contributed by atoms with van der Waals surface area (Å²) < 4.78 is 0. The Balaban J connectivity index is 1.31. The molecule has 1 aromatic heterocycles. The summed E-state index contributed by atoms with van der Waals surface area (Å²) in [6, 6.07) is 17.4. The topological polar surface area (TPSA) is 31.9 Å². The maximum absolute atomic E-state index is 4.14. The average Bonchev–Trinajstić information content (AvgIpc) is 3.31. The zero-order valence-electron chi connectivity index (χ0n) is 14.8. The van der Waals surface area contributed by atoms with Gasteiger partial charge in [0.2, 0.25) is 0 Å². The number of H-pyrrole nitrogens is 1. The van der Waals surface area contributed by atoms with E-state index in [4.69, 9.17) is 0 Å². The number of aromatic amines is 1. The normalized spacial score (nSPS) is 25.9. The summed E-state index contributed by atoms with van der Waals surface area (Å²) in [5.74, 6) is 0.800. The molecule has 5 rings (SSSR count). The number of nitrogens with one attached hydrogen (secondary N) is 1. The fourth-order valence-corrected chi connectivity index (χ4v) is 5.02. The first kappa shape index (κ1) is 15.2. The van der Waals surface area contributed by atoms with E-state index in [0.29, 0.717) is 0 Å². The standard InChI is InChI=1S/C22H25N3/c1-15-2-4-16(5-3-15)14-25-20-7-9-22(25)18(12-20)10-17-6-8-21-19(11-17)13-23-24-21/h2-6,8,11,13,18,20,22H,7,9-10,12,14H2,1H3,(H,23,24). The van der Waals surface area contributed by atoms with Crippen LogP contribution in [0.1, 0.15) is 36.0 Å². The monoisotopic (exact) mass is 331 g/mol. The van der Waals surface area contributed by atoms with E-state index in [2.05, 4.69) is 64.5 Å². The molecule has 3 heterocycles. The van der Waals surface area contributed by atoms with E-state index < -0.39 is 0 Å². The Morgan fingerprint density at radius 2 is 1.92 bits per heavy atom. The van der Waals surface area contributed by atoms with Crippen LogP contribution in [0, 0.1) is 12.8 Å². The SMILES string of the molecule is Cc1ccc(CN2C3CCC2C(Cc2ccc4[nH]ncc4c2)C3)cc1. The van der Waals surface area contributed by atoms with Crippen molar-refractivity contribution < 1.29 is 0 Å². The summed E-state index contributed by atoms with van der Waals surface area (Å²) in [5, 5.41) is 8.43. The number of rotatable bonds is 4. The molecule has 25 heavy (non-hydrogen) atoms. The maximum atomic E-state index is 4.14. The van der Waals surface area contributed by atoms with Gasteiger partial charge in [0.1, 0.15) is 0 Å². The van der Waals surface area contributed by atoms with Gasteiger partial charge in [0.25, 0.3) is 0 Å². The van der Waals surface area contributed by atoms with Crippen LogP contribution in [-0.4, -0.2) is 27.2 Å². The predicted octanol–water partition coefficient (Wildman–Crippen LogP) is 4.47. The molecule has 2 fully saturated rings. The van der Waals surface area contributed by atoms with Crippen molar-refractivity contribution in [1.29, 1.82) is 0 Å². The largest absolute Gasteiger partial charge is 0.293 e. The molecule has 3 atom stereocenters.